The van der Waals surface area contributed by atoms with Gasteiger partial charge in [0.25, 0.3) is 5.91 Å². The highest BCUT2D eigenvalue weighted by Gasteiger charge is 2.34. The Labute approximate surface area is 156 Å². The van der Waals surface area contributed by atoms with Crippen LogP contribution in [-0.4, -0.2) is 36.4 Å². The molecule has 0 atom stereocenters. The SMILES string of the molecule is O=C(c1cc(-c2ccccc2)n[nH]1)N(Cc1cnc2ccccn12)C1CC1. The zero-order chi connectivity index (χ0) is 18.2. The Balaban J connectivity index is 1.42. The highest BCUT2D eigenvalue weighted by molar-refractivity contribution is 5.93. The van der Waals surface area contributed by atoms with Crippen molar-refractivity contribution in [3.63, 3.8) is 0 Å². The van der Waals surface area contributed by atoms with Crippen LogP contribution < -0.4 is 0 Å². The van der Waals surface area contributed by atoms with E-state index in [0.29, 0.717) is 12.2 Å². The van der Waals surface area contributed by atoms with Gasteiger partial charge >= 0.3 is 0 Å². The number of fused-ring (bicyclic) bond motifs is 1. The predicted molar refractivity (Wildman–Crippen MR) is 102 cm³/mol. The summed E-state index contributed by atoms with van der Waals surface area (Å²) < 4.78 is 2.03. The van der Waals surface area contributed by atoms with Crippen molar-refractivity contribution < 1.29 is 4.79 Å². The monoisotopic (exact) mass is 357 g/mol. The molecule has 5 rings (SSSR count). The van der Waals surface area contributed by atoms with Gasteiger partial charge in [0.15, 0.2) is 0 Å². The summed E-state index contributed by atoms with van der Waals surface area (Å²) in [6, 6.07) is 17.9. The van der Waals surface area contributed by atoms with Gasteiger partial charge in [-0.2, -0.15) is 5.10 Å². The van der Waals surface area contributed by atoms with E-state index in [2.05, 4.69) is 15.2 Å². The molecule has 27 heavy (non-hydrogen) atoms. The third-order valence-electron chi connectivity index (χ3n) is 4.95. The van der Waals surface area contributed by atoms with Crippen molar-refractivity contribution >= 4 is 11.6 Å². The molecule has 3 heterocycles. The van der Waals surface area contributed by atoms with Crippen molar-refractivity contribution in [2.45, 2.75) is 25.4 Å². The van der Waals surface area contributed by atoms with E-state index in [1.165, 1.54) is 0 Å². The van der Waals surface area contributed by atoms with Gasteiger partial charge in [-0.3, -0.25) is 9.89 Å². The summed E-state index contributed by atoms with van der Waals surface area (Å²) in [4.78, 5) is 19.5. The topological polar surface area (TPSA) is 66.3 Å². The smallest absolute Gasteiger partial charge is 0.272 e. The van der Waals surface area contributed by atoms with Gasteiger partial charge < -0.3 is 9.30 Å². The molecule has 4 aromatic rings. The van der Waals surface area contributed by atoms with Crippen LogP contribution in [-0.2, 0) is 6.54 Å². The molecule has 0 bridgehead atoms. The molecule has 6 nitrogen and oxygen atoms in total. The van der Waals surface area contributed by atoms with E-state index in [4.69, 9.17) is 0 Å². The fourth-order valence-electron chi connectivity index (χ4n) is 3.37. The number of amides is 1. The van der Waals surface area contributed by atoms with Crippen LogP contribution in [0.15, 0.2) is 67.0 Å². The number of nitrogens with one attached hydrogen (secondary N) is 1. The van der Waals surface area contributed by atoms with Crippen molar-refractivity contribution in [1.29, 1.82) is 0 Å². The number of hydrogen-bond acceptors (Lipinski definition) is 3. The van der Waals surface area contributed by atoms with Crippen molar-refractivity contribution in [2.24, 2.45) is 0 Å². The molecular formula is C21H19N5O. The lowest BCUT2D eigenvalue weighted by atomic mass is 10.1. The first-order valence-electron chi connectivity index (χ1n) is 9.12. The molecule has 0 radical (unpaired) electrons. The van der Waals surface area contributed by atoms with Crippen LogP contribution in [0.2, 0.25) is 0 Å². The zero-order valence-corrected chi connectivity index (χ0v) is 14.7. The van der Waals surface area contributed by atoms with Crippen LogP contribution in [0.4, 0.5) is 0 Å². The molecule has 0 saturated heterocycles. The third-order valence-corrected chi connectivity index (χ3v) is 4.95. The number of imidazole rings is 1. The molecule has 0 aliphatic heterocycles. The first kappa shape index (κ1) is 15.8. The van der Waals surface area contributed by atoms with Gasteiger partial charge in [0.1, 0.15) is 11.3 Å². The summed E-state index contributed by atoms with van der Waals surface area (Å²) in [5, 5.41) is 7.25. The molecule has 3 aromatic heterocycles. The van der Waals surface area contributed by atoms with Gasteiger partial charge in [-0.15, -0.1) is 0 Å². The fourth-order valence-corrected chi connectivity index (χ4v) is 3.37. The largest absolute Gasteiger partial charge is 0.328 e. The molecule has 1 N–H and O–H groups in total. The van der Waals surface area contributed by atoms with Gasteiger partial charge in [0.2, 0.25) is 0 Å². The van der Waals surface area contributed by atoms with Gasteiger partial charge in [-0.05, 0) is 31.0 Å². The predicted octanol–water partition coefficient (Wildman–Crippen LogP) is 3.53. The second-order valence-corrected chi connectivity index (χ2v) is 6.88. The molecular weight excluding hydrogens is 338 g/mol. The van der Waals surface area contributed by atoms with Gasteiger partial charge in [0.05, 0.1) is 24.1 Å². The maximum absolute atomic E-state index is 13.2. The quantitative estimate of drug-likeness (QED) is 0.594. The lowest BCUT2D eigenvalue weighted by molar-refractivity contribution is 0.0721. The van der Waals surface area contributed by atoms with E-state index in [1.54, 1.807) is 0 Å². The maximum Gasteiger partial charge on any atom is 0.272 e. The molecule has 1 amide bonds. The van der Waals surface area contributed by atoms with E-state index >= 15 is 0 Å². The van der Waals surface area contributed by atoms with E-state index < -0.39 is 0 Å². The first-order chi connectivity index (χ1) is 13.3. The Hall–Kier alpha value is -3.41. The Kier molecular flexibility index (Phi) is 3.74. The molecule has 134 valence electrons. The van der Waals surface area contributed by atoms with Crippen LogP contribution in [0.1, 0.15) is 29.0 Å². The van der Waals surface area contributed by atoms with Crippen molar-refractivity contribution in [3.05, 3.63) is 78.4 Å². The van der Waals surface area contributed by atoms with Crippen LogP contribution in [0.25, 0.3) is 16.9 Å². The van der Waals surface area contributed by atoms with E-state index in [0.717, 1.165) is 35.4 Å². The number of nitrogens with zero attached hydrogens (tertiary/aromatic N) is 4. The molecule has 0 spiro atoms. The normalized spacial score (nSPS) is 13.8. The Morgan fingerprint density at radius 3 is 2.78 bits per heavy atom. The summed E-state index contributed by atoms with van der Waals surface area (Å²) in [7, 11) is 0. The lowest BCUT2D eigenvalue weighted by Crippen LogP contribution is -2.33. The number of carbonyl (C=O) groups is 1. The maximum atomic E-state index is 13.2. The number of benzene rings is 1. The highest BCUT2D eigenvalue weighted by Crippen LogP contribution is 2.30. The Bertz CT molecular complexity index is 1090. The molecule has 0 unspecified atom stereocenters. The van der Waals surface area contributed by atoms with E-state index in [9.17, 15) is 4.79 Å². The summed E-state index contributed by atoms with van der Waals surface area (Å²) in [6.07, 6.45) is 5.92. The number of aromatic amines is 1. The van der Waals surface area contributed by atoms with E-state index in [1.807, 2.05) is 76.3 Å². The second-order valence-electron chi connectivity index (χ2n) is 6.88. The zero-order valence-electron chi connectivity index (χ0n) is 14.7. The van der Waals surface area contributed by atoms with Crippen LogP contribution in [0, 0.1) is 0 Å². The molecule has 6 heteroatoms. The molecule has 1 aromatic carbocycles. The number of H-pyrrole nitrogens is 1. The summed E-state index contributed by atoms with van der Waals surface area (Å²) in [6.45, 7) is 0.536. The van der Waals surface area contributed by atoms with Crippen LogP contribution in [0.5, 0.6) is 0 Å². The highest BCUT2D eigenvalue weighted by atomic mass is 16.2. The average Bonchev–Trinajstić information content (AvgIpc) is 3.29. The minimum Gasteiger partial charge on any atom is -0.328 e. The number of carbonyl (C=O) groups excluding carboxylic acids is 1. The Morgan fingerprint density at radius 2 is 1.96 bits per heavy atom. The summed E-state index contributed by atoms with van der Waals surface area (Å²) in [5.41, 5.74) is 4.20. The van der Waals surface area contributed by atoms with Crippen LogP contribution >= 0.6 is 0 Å². The number of rotatable bonds is 5. The minimum absolute atomic E-state index is 0.0157. The van der Waals surface area contributed by atoms with Crippen molar-refractivity contribution in [2.75, 3.05) is 0 Å². The van der Waals surface area contributed by atoms with Gasteiger partial charge in [0, 0.05) is 17.8 Å². The standard InChI is InChI=1S/C21H19N5O/c27-21(19-12-18(23-24-19)15-6-2-1-3-7-15)26(16-9-10-16)14-17-13-22-20-8-4-5-11-25(17)20/h1-8,11-13,16H,9-10,14H2,(H,23,24). The van der Waals surface area contributed by atoms with Crippen molar-refractivity contribution in [1.82, 2.24) is 24.5 Å². The van der Waals surface area contributed by atoms with Gasteiger partial charge in [-0.25, -0.2) is 4.98 Å². The van der Waals surface area contributed by atoms with Crippen LogP contribution in [0.3, 0.4) is 0 Å². The summed E-state index contributed by atoms with van der Waals surface area (Å²) >= 11 is 0. The minimum atomic E-state index is -0.0157. The third kappa shape index (κ3) is 2.99. The fraction of sp³-hybridized carbons (Fsp3) is 0.190. The van der Waals surface area contributed by atoms with Crippen molar-refractivity contribution in [3.8, 4) is 11.3 Å². The Morgan fingerprint density at radius 1 is 1.15 bits per heavy atom. The number of aromatic nitrogens is 4. The molecule has 1 saturated carbocycles. The molecule has 1 aliphatic carbocycles. The first-order valence-corrected chi connectivity index (χ1v) is 9.12. The van der Waals surface area contributed by atoms with Gasteiger partial charge in [-0.1, -0.05) is 36.4 Å². The average molecular weight is 357 g/mol. The second kappa shape index (κ2) is 6.39. The number of hydrogen-bond donors (Lipinski definition) is 1. The van der Waals surface area contributed by atoms with E-state index in [-0.39, 0.29) is 11.9 Å². The summed E-state index contributed by atoms with van der Waals surface area (Å²) in [5.74, 6) is -0.0157. The number of pyridine rings is 1. The molecule has 1 fully saturated rings. The lowest BCUT2D eigenvalue weighted by Gasteiger charge is -2.21. The molecule has 1 aliphatic rings.